The van der Waals surface area contributed by atoms with Gasteiger partial charge in [0.05, 0.1) is 5.52 Å². The molecule has 0 saturated carbocycles. The van der Waals surface area contributed by atoms with Gasteiger partial charge in [-0.3, -0.25) is 14.9 Å². The molecule has 0 fully saturated rings. The van der Waals surface area contributed by atoms with Crippen LogP contribution in [0.1, 0.15) is 32.7 Å². The maximum Gasteiger partial charge on any atom is 0.257 e. The fourth-order valence-corrected chi connectivity index (χ4v) is 5.02. The van der Waals surface area contributed by atoms with E-state index in [1.165, 1.54) is 23.1 Å². The zero-order chi connectivity index (χ0) is 21.3. The van der Waals surface area contributed by atoms with Crippen molar-refractivity contribution in [1.29, 1.82) is 0 Å². The molecule has 4 rings (SSSR count). The van der Waals surface area contributed by atoms with E-state index in [1.807, 2.05) is 51.1 Å². The minimum atomic E-state index is -0.203. The fourth-order valence-electron chi connectivity index (χ4n) is 3.36. The topological polar surface area (TPSA) is 87.7 Å². The third-order valence-electron chi connectivity index (χ3n) is 4.69. The van der Waals surface area contributed by atoms with Crippen LogP contribution in [-0.4, -0.2) is 21.1 Å². The molecular formula is C22H20N4O2S2. The quantitative estimate of drug-likeness (QED) is 0.345. The van der Waals surface area contributed by atoms with Crippen molar-refractivity contribution in [3.05, 3.63) is 80.6 Å². The number of carbonyl (C=O) groups excluding carboxylic acids is 1. The Morgan fingerprint density at radius 3 is 2.70 bits per heavy atom. The second kappa shape index (κ2) is 8.41. The lowest BCUT2D eigenvalue weighted by Crippen LogP contribution is -2.12. The summed E-state index contributed by atoms with van der Waals surface area (Å²) in [5.41, 5.74) is 5.28. The van der Waals surface area contributed by atoms with Gasteiger partial charge in [0.2, 0.25) is 5.13 Å². The van der Waals surface area contributed by atoms with Crippen LogP contribution < -0.4 is 10.7 Å². The van der Waals surface area contributed by atoms with Gasteiger partial charge in [-0.15, -0.1) is 10.2 Å². The Hall–Kier alpha value is -2.97. The molecule has 2 N–H and O–H groups in total. The van der Waals surface area contributed by atoms with E-state index >= 15 is 0 Å². The van der Waals surface area contributed by atoms with Gasteiger partial charge in [0.1, 0.15) is 0 Å². The zero-order valence-corrected chi connectivity index (χ0v) is 18.4. The van der Waals surface area contributed by atoms with Crippen molar-refractivity contribution in [1.82, 2.24) is 15.2 Å². The third kappa shape index (κ3) is 4.29. The summed E-state index contributed by atoms with van der Waals surface area (Å²) in [6, 6.07) is 13.0. The Morgan fingerprint density at radius 2 is 1.90 bits per heavy atom. The number of rotatable bonds is 5. The van der Waals surface area contributed by atoms with Crippen molar-refractivity contribution in [3.8, 4) is 0 Å². The number of benzene rings is 2. The molecule has 4 aromatic rings. The summed E-state index contributed by atoms with van der Waals surface area (Å²) in [5, 5.41) is 12.2. The van der Waals surface area contributed by atoms with Crippen molar-refractivity contribution in [2.45, 2.75) is 30.9 Å². The van der Waals surface area contributed by atoms with E-state index in [4.69, 9.17) is 0 Å². The van der Waals surface area contributed by atoms with Gasteiger partial charge in [0, 0.05) is 28.5 Å². The maximum atomic E-state index is 12.5. The average Bonchev–Trinajstić information content (AvgIpc) is 3.13. The summed E-state index contributed by atoms with van der Waals surface area (Å²) in [5.74, 6) is 0.351. The number of nitrogens with zero attached hydrogens (tertiary/aromatic N) is 2. The molecule has 6 nitrogen and oxygen atoms in total. The number of fused-ring (bicyclic) bond motifs is 1. The van der Waals surface area contributed by atoms with Crippen LogP contribution in [-0.2, 0) is 5.75 Å². The monoisotopic (exact) mass is 436 g/mol. The van der Waals surface area contributed by atoms with Crippen LogP contribution in [0.25, 0.3) is 10.9 Å². The molecule has 0 saturated heterocycles. The van der Waals surface area contributed by atoms with Gasteiger partial charge in [0.25, 0.3) is 5.91 Å². The van der Waals surface area contributed by atoms with E-state index in [0.717, 1.165) is 37.6 Å². The molecule has 0 aliphatic rings. The Kier molecular flexibility index (Phi) is 5.69. The number of hydrogen-bond donors (Lipinski definition) is 2. The van der Waals surface area contributed by atoms with Crippen molar-refractivity contribution in [2.75, 3.05) is 5.32 Å². The number of anilines is 1. The number of thioether (sulfide) groups is 1. The van der Waals surface area contributed by atoms with Gasteiger partial charge >= 0.3 is 0 Å². The van der Waals surface area contributed by atoms with Crippen LogP contribution in [0.4, 0.5) is 5.13 Å². The first-order chi connectivity index (χ1) is 14.4. The average molecular weight is 437 g/mol. The third-order valence-corrected chi connectivity index (χ3v) is 6.72. The predicted octanol–water partition coefficient (Wildman–Crippen LogP) is 4.85. The van der Waals surface area contributed by atoms with Crippen LogP contribution in [0.15, 0.2) is 51.6 Å². The minimum absolute atomic E-state index is 0.0142. The molecule has 152 valence electrons. The van der Waals surface area contributed by atoms with Crippen LogP contribution in [0.2, 0.25) is 0 Å². The molecule has 0 bridgehead atoms. The molecule has 0 aliphatic carbocycles. The maximum absolute atomic E-state index is 12.5. The van der Waals surface area contributed by atoms with Crippen molar-refractivity contribution >= 4 is 45.0 Å². The molecule has 2 aromatic heterocycles. The van der Waals surface area contributed by atoms with Gasteiger partial charge in [-0.25, -0.2) is 0 Å². The molecule has 0 unspecified atom stereocenters. The van der Waals surface area contributed by atoms with Gasteiger partial charge in [0.15, 0.2) is 9.77 Å². The highest BCUT2D eigenvalue weighted by Gasteiger charge is 2.13. The summed E-state index contributed by atoms with van der Waals surface area (Å²) in [6.07, 6.45) is 0. The molecule has 0 spiro atoms. The molecular weight excluding hydrogens is 416 g/mol. The standard InChI is InChI=1S/C22H20N4O2S2/c1-12-8-14(3)19-17(9-12)23-15(10-18(19)27)11-29-22-26-25-21(30-22)24-20(28)16-7-5-4-6-13(16)2/h4-10H,11H2,1-3H3,(H,23,27)(H,24,25,28). The van der Waals surface area contributed by atoms with Gasteiger partial charge in [-0.2, -0.15) is 0 Å². The van der Waals surface area contributed by atoms with Gasteiger partial charge in [-0.05, 0) is 49.6 Å². The molecule has 0 aliphatic heterocycles. The first-order valence-electron chi connectivity index (χ1n) is 9.37. The predicted molar refractivity (Wildman–Crippen MR) is 123 cm³/mol. The van der Waals surface area contributed by atoms with E-state index in [9.17, 15) is 9.59 Å². The first-order valence-corrected chi connectivity index (χ1v) is 11.2. The first kappa shape index (κ1) is 20.3. The molecule has 2 heterocycles. The number of pyridine rings is 1. The number of nitrogens with one attached hydrogen (secondary N) is 2. The number of amides is 1. The van der Waals surface area contributed by atoms with Crippen molar-refractivity contribution < 1.29 is 4.79 Å². The Balaban J connectivity index is 1.46. The number of hydrogen-bond acceptors (Lipinski definition) is 6. The molecule has 0 atom stereocenters. The van der Waals surface area contributed by atoms with Crippen LogP contribution in [0, 0.1) is 20.8 Å². The van der Waals surface area contributed by atoms with E-state index in [2.05, 4.69) is 20.5 Å². The van der Waals surface area contributed by atoms with E-state index < -0.39 is 0 Å². The molecule has 0 radical (unpaired) electrons. The number of aromatic amines is 1. The summed E-state index contributed by atoms with van der Waals surface area (Å²) in [4.78, 5) is 28.3. The zero-order valence-electron chi connectivity index (χ0n) is 16.8. The fraction of sp³-hybridized carbons (Fsp3) is 0.182. The Bertz CT molecular complexity index is 1310. The number of aryl methyl sites for hydroxylation is 3. The lowest BCUT2D eigenvalue weighted by Gasteiger charge is -2.07. The molecule has 30 heavy (non-hydrogen) atoms. The summed E-state index contributed by atoms with van der Waals surface area (Å²) < 4.78 is 0.719. The van der Waals surface area contributed by atoms with E-state index in [-0.39, 0.29) is 11.3 Å². The van der Waals surface area contributed by atoms with Crippen LogP contribution in [0.5, 0.6) is 0 Å². The largest absolute Gasteiger partial charge is 0.357 e. The Labute approximate surface area is 181 Å². The number of H-pyrrole nitrogens is 1. The highest BCUT2D eigenvalue weighted by Crippen LogP contribution is 2.28. The SMILES string of the molecule is Cc1cc(C)c2c(=O)cc(CSc3nnc(NC(=O)c4ccccc4C)s3)[nH]c2c1. The lowest BCUT2D eigenvalue weighted by molar-refractivity contribution is 0.102. The van der Waals surface area contributed by atoms with Gasteiger partial charge in [-0.1, -0.05) is 47.4 Å². The number of aromatic nitrogens is 3. The van der Waals surface area contributed by atoms with Crippen molar-refractivity contribution in [2.24, 2.45) is 0 Å². The molecule has 2 aromatic carbocycles. The highest BCUT2D eigenvalue weighted by molar-refractivity contribution is 8.00. The van der Waals surface area contributed by atoms with Crippen molar-refractivity contribution in [3.63, 3.8) is 0 Å². The van der Waals surface area contributed by atoms with Gasteiger partial charge < -0.3 is 4.98 Å². The second-order valence-corrected chi connectivity index (χ2v) is 9.29. The molecule has 1 amide bonds. The lowest BCUT2D eigenvalue weighted by atomic mass is 10.1. The number of carbonyl (C=O) groups is 1. The molecule has 8 heteroatoms. The second-order valence-electron chi connectivity index (χ2n) is 7.09. The smallest absolute Gasteiger partial charge is 0.257 e. The summed E-state index contributed by atoms with van der Waals surface area (Å²) >= 11 is 2.78. The Morgan fingerprint density at radius 1 is 1.10 bits per heavy atom. The van der Waals surface area contributed by atoms with Crippen LogP contribution in [0.3, 0.4) is 0 Å². The summed E-state index contributed by atoms with van der Waals surface area (Å²) in [6.45, 7) is 5.86. The van der Waals surface area contributed by atoms with E-state index in [1.54, 1.807) is 12.1 Å². The minimum Gasteiger partial charge on any atom is -0.357 e. The van der Waals surface area contributed by atoms with Crippen LogP contribution >= 0.6 is 23.1 Å². The normalized spacial score (nSPS) is 11.0. The van der Waals surface area contributed by atoms with E-state index in [0.29, 0.717) is 16.4 Å². The highest BCUT2D eigenvalue weighted by atomic mass is 32.2. The summed E-state index contributed by atoms with van der Waals surface area (Å²) in [7, 11) is 0.